The molecule has 0 saturated carbocycles. The molecule has 1 aromatic rings. The highest BCUT2D eigenvalue weighted by molar-refractivity contribution is 5.88. The third-order valence-corrected chi connectivity index (χ3v) is 5.48. The van der Waals surface area contributed by atoms with Gasteiger partial charge in [0.1, 0.15) is 12.3 Å². The fourth-order valence-electron chi connectivity index (χ4n) is 3.86. The Morgan fingerprint density at radius 1 is 1.19 bits per heavy atom. The lowest BCUT2D eigenvalue weighted by atomic mass is 9.94. The zero-order valence-electron chi connectivity index (χ0n) is 16.2. The Hall–Kier alpha value is -2.57. The average Bonchev–Trinajstić information content (AvgIpc) is 2.94. The second-order valence-electron chi connectivity index (χ2n) is 7.47. The van der Waals surface area contributed by atoms with Crippen LogP contribution in [0.3, 0.4) is 0 Å². The van der Waals surface area contributed by atoms with Gasteiger partial charge < -0.3 is 19.4 Å². The number of amides is 3. The molecule has 0 radical (unpaired) electrons. The van der Waals surface area contributed by atoms with Crippen LogP contribution in [-0.2, 0) is 20.8 Å². The molecule has 1 aromatic carbocycles. The van der Waals surface area contributed by atoms with Gasteiger partial charge in [-0.15, -0.1) is 0 Å². The van der Waals surface area contributed by atoms with E-state index in [4.69, 9.17) is 4.74 Å². The van der Waals surface area contributed by atoms with Crippen LogP contribution in [0, 0.1) is 5.92 Å². The standard InChI is InChI=1S/C20H27N3O4/c1-21(2)19(25)13-23-16-9-8-15(20(23)26)11-22(12-16)18(24)10-14-6-4-5-7-17(14)27-3/h4-7,15-16H,8-13H2,1-3H3/t15-,16+/m1/s1. The molecule has 0 N–H and O–H groups in total. The number of fused-ring (bicyclic) bond motifs is 4. The fourth-order valence-corrected chi connectivity index (χ4v) is 3.86. The molecular weight excluding hydrogens is 346 g/mol. The van der Waals surface area contributed by atoms with E-state index in [1.54, 1.807) is 31.0 Å². The molecule has 3 saturated heterocycles. The molecule has 146 valence electrons. The van der Waals surface area contributed by atoms with Gasteiger partial charge in [-0.05, 0) is 18.9 Å². The first-order valence-electron chi connectivity index (χ1n) is 9.31. The van der Waals surface area contributed by atoms with E-state index in [9.17, 15) is 14.4 Å². The van der Waals surface area contributed by atoms with Crippen molar-refractivity contribution in [2.75, 3.05) is 40.8 Å². The van der Waals surface area contributed by atoms with Crippen molar-refractivity contribution in [3.05, 3.63) is 29.8 Å². The van der Waals surface area contributed by atoms with Gasteiger partial charge >= 0.3 is 0 Å². The number of hydrogen-bond donors (Lipinski definition) is 0. The number of nitrogens with zero attached hydrogens (tertiary/aromatic N) is 3. The lowest BCUT2D eigenvalue weighted by Crippen LogP contribution is -2.51. The van der Waals surface area contributed by atoms with E-state index in [1.165, 1.54) is 4.90 Å². The molecule has 3 amide bonds. The van der Waals surface area contributed by atoms with E-state index < -0.39 is 0 Å². The minimum absolute atomic E-state index is 0.00552. The summed E-state index contributed by atoms with van der Waals surface area (Å²) in [5.41, 5.74) is 0.840. The number of carbonyl (C=O) groups excluding carboxylic acids is 3. The molecule has 0 spiro atoms. The van der Waals surface area contributed by atoms with E-state index in [0.717, 1.165) is 18.4 Å². The number of methoxy groups -OCH3 is 1. The van der Waals surface area contributed by atoms with Crippen LogP contribution in [0.1, 0.15) is 18.4 Å². The largest absolute Gasteiger partial charge is 0.496 e. The van der Waals surface area contributed by atoms with Crippen molar-refractivity contribution >= 4 is 17.7 Å². The first kappa shape index (κ1) is 19.2. The number of ether oxygens (including phenoxy) is 1. The molecule has 3 fully saturated rings. The van der Waals surface area contributed by atoms with Gasteiger partial charge in [0.2, 0.25) is 17.7 Å². The Morgan fingerprint density at radius 3 is 2.63 bits per heavy atom. The number of para-hydroxylation sites is 1. The minimum Gasteiger partial charge on any atom is -0.496 e. The summed E-state index contributed by atoms with van der Waals surface area (Å²) >= 11 is 0. The summed E-state index contributed by atoms with van der Waals surface area (Å²) in [6.07, 6.45) is 1.85. The van der Waals surface area contributed by atoms with Crippen LogP contribution in [-0.4, -0.2) is 79.3 Å². The second-order valence-corrected chi connectivity index (χ2v) is 7.47. The van der Waals surface area contributed by atoms with Crippen molar-refractivity contribution in [1.82, 2.24) is 14.7 Å². The highest BCUT2D eigenvalue weighted by Crippen LogP contribution is 2.30. The Kier molecular flexibility index (Phi) is 5.68. The van der Waals surface area contributed by atoms with Crippen molar-refractivity contribution in [2.24, 2.45) is 5.92 Å². The maximum absolute atomic E-state index is 12.9. The maximum Gasteiger partial charge on any atom is 0.241 e. The fraction of sp³-hybridized carbons (Fsp3) is 0.550. The Bertz CT molecular complexity index is 734. The summed E-state index contributed by atoms with van der Waals surface area (Å²) in [5.74, 6) is 0.361. The Balaban J connectivity index is 1.73. The van der Waals surface area contributed by atoms with E-state index >= 15 is 0 Å². The summed E-state index contributed by atoms with van der Waals surface area (Å²) < 4.78 is 5.34. The Morgan fingerprint density at radius 2 is 1.93 bits per heavy atom. The first-order valence-corrected chi connectivity index (χ1v) is 9.31. The van der Waals surface area contributed by atoms with Gasteiger partial charge in [-0.2, -0.15) is 0 Å². The first-order chi connectivity index (χ1) is 12.9. The summed E-state index contributed by atoms with van der Waals surface area (Å²) in [4.78, 5) is 42.8. The maximum atomic E-state index is 12.9. The van der Waals surface area contributed by atoms with E-state index in [0.29, 0.717) is 18.8 Å². The quantitative estimate of drug-likeness (QED) is 0.765. The van der Waals surface area contributed by atoms with Gasteiger partial charge in [-0.1, -0.05) is 18.2 Å². The van der Waals surface area contributed by atoms with Crippen LogP contribution in [0.2, 0.25) is 0 Å². The predicted molar refractivity (Wildman–Crippen MR) is 100 cm³/mol. The summed E-state index contributed by atoms with van der Waals surface area (Å²) in [6.45, 7) is 0.994. The predicted octanol–water partition coefficient (Wildman–Crippen LogP) is 0.775. The van der Waals surface area contributed by atoms with Crippen LogP contribution in [0.4, 0.5) is 0 Å². The van der Waals surface area contributed by atoms with E-state index in [-0.39, 0.29) is 42.6 Å². The number of benzene rings is 1. The van der Waals surface area contributed by atoms with Crippen molar-refractivity contribution in [1.29, 1.82) is 0 Å². The SMILES string of the molecule is COc1ccccc1CC(=O)N1C[C@H]2CC[C@@H](C1)N(CC(=O)N(C)C)C2=O. The zero-order chi connectivity index (χ0) is 19.6. The molecule has 2 bridgehead atoms. The van der Waals surface area contributed by atoms with E-state index in [2.05, 4.69) is 0 Å². The van der Waals surface area contributed by atoms with Gasteiger partial charge in [-0.3, -0.25) is 14.4 Å². The average molecular weight is 373 g/mol. The van der Waals surface area contributed by atoms with Crippen molar-refractivity contribution < 1.29 is 19.1 Å². The summed E-state index contributed by atoms with van der Waals surface area (Å²) in [7, 11) is 4.96. The molecule has 2 atom stereocenters. The van der Waals surface area contributed by atoms with Gasteiger partial charge in [0.15, 0.2) is 0 Å². The summed E-state index contributed by atoms with van der Waals surface area (Å²) in [5, 5.41) is 0. The molecule has 0 unspecified atom stereocenters. The second kappa shape index (κ2) is 7.98. The molecular formula is C20H27N3O4. The van der Waals surface area contributed by atoms with Gasteiger partial charge in [0, 0.05) is 38.8 Å². The smallest absolute Gasteiger partial charge is 0.241 e. The highest BCUT2D eigenvalue weighted by atomic mass is 16.5. The van der Waals surface area contributed by atoms with Crippen molar-refractivity contribution in [3.63, 3.8) is 0 Å². The number of rotatable bonds is 5. The minimum atomic E-state index is -0.222. The molecule has 27 heavy (non-hydrogen) atoms. The lowest BCUT2D eigenvalue weighted by Gasteiger charge is -2.35. The zero-order valence-corrected chi connectivity index (χ0v) is 16.2. The van der Waals surface area contributed by atoms with Crippen LogP contribution in [0.15, 0.2) is 24.3 Å². The van der Waals surface area contributed by atoms with Gasteiger partial charge in [-0.25, -0.2) is 0 Å². The van der Waals surface area contributed by atoms with Crippen LogP contribution >= 0.6 is 0 Å². The van der Waals surface area contributed by atoms with Crippen LogP contribution in [0.25, 0.3) is 0 Å². The van der Waals surface area contributed by atoms with Crippen molar-refractivity contribution in [2.45, 2.75) is 25.3 Å². The number of carbonyl (C=O) groups is 3. The van der Waals surface area contributed by atoms with Crippen molar-refractivity contribution in [3.8, 4) is 5.75 Å². The normalized spacial score (nSPS) is 21.8. The Labute approximate surface area is 159 Å². The molecule has 7 heteroatoms. The molecule has 3 aliphatic heterocycles. The van der Waals surface area contributed by atoms with Crippen LogP contribution in [0.5, 0.6) is 5.75 Å². The molecule has 7 nitrogen and oxygen atoms in total. The number of piperidine rings is 1. The van der Waals surface area contributed by atoms with Gasteiger partial charge in [0.25, 0.3) is 0 Å². The molecule has 3 heterocycles. The summed E-state index contributed by atoms with van der Waals surface area (Å²) in [6, 6.07) is 7.39. The van der Waals surface area contributed by atoms with Gasteiger partial charge in [0.05, 0.1) is 19.4 Å². The molecule has 0 aliphatic carbocycles. The lowest BCUT2D eigenvalue weighted by molar-refractivity contribution is -0.145. The highest BCUT2D eigenvalue weighted by Gasteiger charge is 2.42. The molecule has 3 aliphatic rings. The topological polar surface area (TPSA) is 70.2 Å². The number of hydrogen-bond acceptors (Lipinski definition) is 4. The third kappa shape index (κ3) is 4.07. The molecule has 0 aromatic heterocycles. The monoisotopic (exact) mass is 373 g/mol. The van der Waals surface area contributed by atoms with Crippen LogP contribution < -0.4 is 4.74 Å². The third-order valence-electron chi connectivity index (χ3n) is 5.48. The molecule has 4 rings (SSSR count). The van der Waals surface area contributed by atoms with E-state index in [1.807, 2.05) is 24.3 Å². The number of likely N-dealkylation sites (N-methyl/N-ethyl adjacent to an activating group) is 1.